The number of benzene rings is 1. The standard InChI is InChI=1S/C26H26F2N6O2/c1-5-6-18(33-9-7-32(4)8-10-33)12-22-20(14-29)26(31-15-30-22)36-23-13-21(27)25-19(24(23)28)11-16(2)34(25)17(3)35/h5-6,11,13,15H,1,7-10,12H2,2-4H3/b18-6+. The molecule has 0 atom stereocenters. The Balaban J connectivity index is 1.70. The summed E-state index contributed by atoms with van der Waals surface area (Å²) < 4.78 is 37.0. The summed E-state index contributed by atoms with van der Waals surface area (Å²) in [6, 6.07) is 4.28. The second kappa shape index (κ2) is 10.3. The lowest BCUT2D eigenvalue weighted by molar-refractivity contribution is 0.0939. The summed E-state index contributed by atoms with van der Waals surface area (Å²) in [4.78, 5) is 24.7. The third-order valence-electron chi connectivity index (χ3n) is 6.21. The molecule has 1 saturated heterocycles. The van der Waals surface area contributed by atoms with Crippen LogP contribution in [0.3, 0.4) is 0 Å². The zero-order valence-electron chi connectivity index (χ0n) is 20.4. The number of nitrogens with zero attached hydrogens (tertiary/aromatic N) is 6. The van der Waals surface area contributed by atoms with Crippen molar-refractivity contribution >= 4 is 16.8 Å². The number of piperazine rings is 1. The van der Waals surface area contributed by atoms with Crippen LogP contribution in [0.15, 0.2) is 42.9 Å². The monoisotopic (exact) mass is 492 g/mol. The van der Waals surface area contributed by atoms with Crippen molar-refractivity contribution < 1.29 is 18.3 Å². The van der Waals surface area contributed by atoms with E-state index in [0.717, 1.165) is 42.5 Å². The summed E-state index contributed by atoms with van der Waals surface area (Å²) in [5, 5.41) is 9.78. The molecule has 0 unspecified atom stereocenters. The topological polar surface area (TPSA) is 87.3 Å². The van der Waals surface area contributed by atoms with Crippen LogP contribution in [-0.4, -0.2) is 63.5 Å². The van der Waals surface area contributed by atoms with Gasteiger partial charge in [-0.3, -0.25) is 9.36 Å². The summed E-state index contributed by atoms with van der Waals surface area (Å²) in [5.74, 6) is -2.75. The SMILES string of the molecule is C=C/C=C(\Cc1ncnc(Oc2cc(F)c3c(cc(C)n3C(C)=O)c2F)c1C#N)N1CCN(C)CC1. The van der Waals surface area contributed by atoms with Crippen LogP contribution in [0.4, 0.5) is 8.78 Å². The van der Waals surface area contributed by atoms with Crippen LogP contribution in [0.2, 0.25) is 0 Å². The summed E-state index contributed by atoms with van der Waals surface area (Å²) >= 11 is 0. The van der Waals surface area contributed by atoms with Crippen LogP contribution in [0.5, 0.6) is 11.6 Å². The lowest BCUT2D eigenvalue weighted by Gasteiger charge is -2.35. The van der Waals surface area contributed by atoms with Crippen LogP contribution in [0.1, 0.15) is 28.7 Å². The van der Waals surface area contributed by atoms with Gasteiger partial charge in [0.2, 0.25) is 11.8 Å². The molecule has 1 aliphatic heterocycles. The van der Waals surface area contributed by atoms with Crippen LogP contribution in [-0.2, 0) is 6.42 Å². The predicted octanol–water partition coefficient (Wildman–Crippen LogP) is 4.20. The van der Waals surface area contributed by atoms with Crippen LogP contribution < -0.4 is 4.74 Å². The zero-order valence-corrected chi connectivity index (χ0v) is 20.4. The van der Waals surface area contributed by atoms with Crippen molar-refractivity contribution in [3.63, 3.8) is 0 Å². The highest BCUT2D eigenvalue weighted by molar-refractivity contribution is 5.94. The highest BCUT2D eigenvalue weighted by atomic mass is 19.1. The van der Waals surface area contributed by atoms with Gasteiger partial charge < -0.3 is 14.5 Å². The molecule has 3 aromatic rings. The predicted molar refractivity (Wildman–Crippen MR) is 131 cm³/mol. The molecule has 1 aromatic carbocycles. The second-order valence-corrected chi connectivity index (χ2v) is 8.65. The van der Waals surface area contributed by atoms with E-state index in [0.29, 0.717) is 17.8 Å². The van der Waals surface area contributed by atoms with Crippen LogP contribution in [0.25, 0.3) is 10.9 Å². The first-order valence-corrected chi connectivity index (χ1v) is 11.4. The van der Waals surface area contributed by atoms with Gasteiger partial charge in [-0.2, -0.15) is 5.26 Å². The Hall–Kier alpha value is -4.10. The number of nitriles is 1. The molecule has 186 valence electrons. The minimum atomic E-state index is -0.858. The number of likely N-dealkylation sites (N-methyl/N-ethyl adjacent to an activating group) is 1. The molecule has 0 spiro atoms. The van der Waals surface area contributed by atoms with Gasteiger partial charge in [-0.05, 0) is 26.1 Å². The molecule has 4 rings (SSSR count). The number of allylic oxidation sites excluding steroid dienone is 3. The van der Waals surface area contributed by atoms with Crippen LogP contribution in [0, 0.1) is 29.9 Å². The molecule has 36 heavy (non-hydrogen) atoms. The van der Waals surface area contributed by atoms with Gasteiger partial charge in [0, 0.05) is 62.4 Å². The van der Waals surface area contributed by atoms with Crippen molar-refractivity contribution in [1.29, 1.82) is 5.26 Å². The molecular formula is C26H26F2N6O2. The van der Waals surface area contributed by atoms with Crippen molar-refractivity contribution in [3.05, 3.63) is 71.5 Å². The maximum absolute atomic E-state index is 15.3. The van der Waals surface area contributed by atoms with E-state index >= 15 is 4.39 Å². The molecule has 3 heterocycles. The zero-order chi connectivity index (χ0) is 26.0. The van der Waals surface area contributed by atoms with Crippen molar-refractivity contribution in [2.45, 2.75) is 20.3 Å². The molecule has 0 aliphatic carbocycles. The Bertz CT molecular complexity index is 1410. The molecule has 0 radical (unpaired) electrons. The number of aryl methyl sites for hydroxylation is 1. The summed E-state index contributed by atoms with van der Waals surface area (Å²) in [7, 11) is 2.06. The number of fused-ring (bicyclic) bond motifs is 1. The largest absolute Gasteiger partial charge is 0.434 e. The number of hydrogen-bond donors (Lipinski definition) is 0. The molecule has 0 N–H and O–H groups in total. The van der Waals surface area contributed by atoms with Gasteiger partial charge in [-0.15, -0.1) is 0 Å². The number of rotatable bonds is 6. The van der Waals surface area contributed by atoms with Gasteiger partial charge in [-0.25, -0.2) is 18.7 Å². The van der Waals surface area contributed by atoms with E-state index in [9.17, 15) is 14.4 Å². The Labute approximate surface area is 207 Å². The molecule has 0 saturated carbocycles. The fourth-order valence-electron chi connectivity index (χ4n) is 4.41. The van der Waals surface area contributed by atoms with Crippen LogP contribution >= 0.6 is 0 Å². The third kappa shape index (κ3) is 4.70. The smallest absolute Gasteiger partial charge is 0.240 e. The molecule has 10 heteroatoms. The van der Waals surface area contributed by atoms with Gasteiger partial charge in [-0.1, -0.05) is 12.7 Å². The average Bonchev–Trinajstić information content (AvgIpc) is 3.21. The number of carbonyl (C=O) groups excluding carboxylic acids is 1. The number of carbonyl (C=O) groups is 1. The maximum atomic E-state index is 15.3. The number of hydrogen-bond acceptors (Lipinski definition) is 7. The van der Waals surface area contributed by atoms with Crippen molar-refractivity contribution in [3.8, 4) is 17.7 Å². The molecule has 1 fully saturated rings. The number of ether oxygens (including phenoxy) is 1. The first kappa shape index (κ1) is 25.0. The fraction of sp³-hybridized carbons (Fsp3) is 0.308. The van der Waals surface area contributed by atoms with E-state index in [4.69, 9.17) is 4.74 Å². The highest BCUT2D eigenvalue weighted by Crippen LogP contribution is 2.35. The molecule has 2 aromatic heterocycles. The van der Waals surface area contributed by atoms with Gasteiger partial charge in [0.15, 0.2) is 17.4 Å². The van der Waals surface area contributed by atoms with Gasteiger partial charge in [0.05, 0.1) is 11.2 Å². The quantitative estimate of drug-likeness (QED) is 0.477. The Kier molecular flexibility index (Phi) is 7.12. The molecule has 0 bridgehead atoms. The van der Waals surface area contributed by atoms with E-state index in [2.05, 4.69) is 33.4 Å². The lowest BCUT2D eigenvalue weighted by atomic mass is 10.1. The van der Waals surface area contributed by atoms with E-state index in [1.54, 1.807) is 13.0 Å². The highest BCUT2D eigenvalue weighted by Gasteiger charge is 2.24. The Morgan fingerprint density at radius 3 is 2.61 bits per heavy atom. The summed E-state index contributed by atoms with van der Waals surface area (Å²) in [6.07, 6.45) is 5.10. The molecular weight excluding hydrogens is 466 g/mol. The van der Waals surface area contributed by atoms with Crippen molar-refractivity contribution in [1.82, 2.24) is 24.3 Å². The summed E-state index contributed by atoms with van der Waals surface area (Å²) in [5.41, 5.74) is 1.58. The maximum Gasteiger partial charge on any atom is 0.240 e. The molecule has 0 amide bonds. The van der Waals surface area contributed by atoms with Gasteiger partial charge in [0.25, 0.3) is 0 Å². The van der Waals surface area contributed by atoms with E-state index in [-0.39, 0.29) is 22.3 Å². The second-order valence-electron chi connectivity index (χ2n) is 8.65. The van der Waals surface area contributed by atoms with Crippen molar-refractivity contribution in [2.75, 3.05) is 33.2 Å². The third-order valence-corrected chi connectivity index (χ3v) is 6.21. The van der Waals surface area contributed by atoms with E-state index in [1.807, 2.05) is 12.1 Å². The van der Waals surface area contributed by atoms with Gasteiger partial charge >= 0.3 is 0 Å². The average molecular weight is 493 g/mol. The number of halogens is 2. The first-order chi connectivity index (χ1) is 17.2. The molecule has 8 nitrogen and oxygen atoms in total. The minimum absolute atomic E-state index is 0.0268. The normalized spacial score (nSPS) is 14.7. The fourth-order valence-corrected chi connectivity index (χ4v) is 4.41. The van der Waals surface area contributed by atoms with Crippen molar-refractivity contribution in [2.24, 2.45) is 0 Å². The van der Waals surface area contributed by atoms with E-state index < -0.39 is 23.3 Å². The first-order valence-electron chi connectivity index (χ1n) is 11.4. The lowest BCUT2D eigenvalue weighted by Crippen LogP contribution is -2.44. The Morgan fingerprint density at radius 2 is 1.97 bits per heavy atom. The molecule has 1 aliphatic rings. The Morgan fingerprint density at radius 1 is 1.25 bits per heavy atom. The summed E-state index contributed by atoms with van der Waals surface area (Å²) in [6.45, 7) is 10.1. The van der Waals surface area contributed by atoms with Gasteiger partial charge in [0.1, 0.15) is 18.0 Å². The van der Waals surface area contributed by atoms with E-state index in [1.165, 1.54) is 19.3 Å². The minimum Gasteiger partial charge on any atom is -0.434 e. The number of aromatic nitrogens is 3.